The van der Waals surface area contributed by atoms with Crippen molar-refractivity contribution in [1.29, 1.82) is 0 Å². The van der Waals surface area contributed by atoms with Gasteiger partial charge in [-0.3, -0.25) is 9.59 Å². The Balaban J connectivity index is 1.78. The summed E-state index contributed by atoms with van der Waals surface area (Å²) in [6.45, 7) is 0.610. The lowest BCUT2D eigenvalue weighted by Crippen LogP contribution is -2.49. The van der Waals surface area contributed by atoms with Crippen molar-refractivity contribution in [2.45, 2.75) is 62.7 Å². The lowest BCUT2D eigenvalue weighted by molar-refractivity contribution is -0.134. The first-order valence-electron chi connectivity index (χ1n) is 8.05. The first-order valence-corrected chi connectivity index (χ1v) is 9.77. The highest BCUT2D eigenvalue weighted by molar-refractivity contribution is 7.92. The van der Waals surface area contributed by atoms with Crippen LogP contribution in [0, 0.1) is 5.92 Å². The fourth-order valence-electron chi connectivity index (χ4n) is 4.15. The second kappa shape index (κ2) is 5.71. The van der Waals surface area contributed by atoms with Crippen molar-refractivity contribution in [3.63, 3.8) is 0 Å². The molecule has 118 valence electrons. The summed E-state index contributed by atoms with van der Waals surface area (Å²) in [5.41, 5.74) is 0. The van der Waals surface area contributed by atoms with E-state index in [-0.39, 0.29) is 29.4 Å². The van der Waals surface area contributed by atoms with E-state index in [1.165, 1.54) is 0 Å². The van der Waals surface area contributed by atoms with E-state index in [2.05, 4.69) is 0 Å². The van der Waals surface area contributed by atoms with Gasteiger partial charge >= 0.3 is 0 Å². The molecule has 0 bridgehead atoms. The highest BCUT2D eigenvalue weighted by atomic mass is 32.2. The molecule has 3 unspecified atom stereocenters. The second-order valence-electron chi connectivity index (χ2n) is 6.56. The van der Waals surface area contributed by atoms with Crippen molar-refractivity contribution >= 4 is 21.5 Å². The number of nitrogens with zero attached hydrogens (tertiary/aromatic N) is 1. The van der Waals surface area contributed by atoms with Crippen LogP contribution in [0.25, 0.3) is 0 Å². The molecule has 1 aliphatic carbocycles. The van der Waals surface area contributed by atoms with Crippen LogP contribution >= 0.6 is 0 Å². The average Bonchev–Trinajstić information content (AvgIpc) is 3.05. The van der Waals surface area contributed by atoms with E-state index >= 15 is 0 Å². The first-order chi connectivity index (χ1) is 10.0. The molecule has 6 heteroatoms. The van der Waals surface area contributed by atoms with Gasteiger partial charge in [-0.05, 0) is 38.5 Å². The van der Waals surface area contributed by atoms with Gasteiger partial charge in [0.15, 0.2) is 9.84 Å². The fourth-order valence-corrected chi connectivity index (χ4v) is 6.01. The molecule has 5 nitrogen and oxygen atoms in total. The molecule has 3 aliphatic rings. The van der Waals surface area contributed by atoms with Crippen molar-refractivity contribution < 1.29 is 18.0 Å². The smallest absolute Gasteiger partial charge is 0.241 e. The Morgan fingerprint density at radius 2 is 1.86 bits per heavy atom. The van der Waals surface area contributed by atoms with Crippen LogP contribution in [-0.2, 0) is 19.4 Å². The van der Waals surface area contributed by atoms with Crippen LogP contribution < -0.4 is 0 Å². The molecule has 0 radical (unpaired) electrons. The zero-order valence-electron chi connectivity index (χ0n) is 12.3. The monoisotopic (exact) mass is 313 g/mol. The van der Waals surface area contributed by atoms with Gasteiger partial charge in [0, 0.05) is 24.9 Å². The summed E-state index contributed by atoms with van der Waals surface area (Å²) >= 11 is 0. The second-order valence-corrected chi connectivity index (χ2v) is 8.86. The summed E-state index contributed by atoms with van der Waals surface area (Å²) in [6, 6.07) is -0.0513. The van der Waals surface area contributed by atoms with Crippen molar-refractivity contribution in [2.75, 3.05) is 12.3 Å². The third kappa shape index (κ3) is 2.74. The van der Waals surface area contributed by atoms with Gasteiger partial charge in [-0.15, -0.1) is 0 Å². The van der Waals surface area contributed by atoms with E-state index in [9.17, 15) is 18.0 Å². The van der Waals surface area contributed by atoms with E-state index in [4.69, 9.17) is 0 Å². The predicted octanol–water partition coefficient (Wildman–Crippen LogP) is 1.31. The summed E-state index contributed by atoms with van der Waals surface area (Å²) < 4.78 is 24.3. The van der Waals surface area contributed by atoms with E-state index < -0.39 is 15.1 Å². The number of sulfone groups is 1. The maximum atomic E-state index is 12.7. The Morgan fingerprint density at radius 3 is 2.52 bits per heavy atom. The minimum atomic E-state index is -3.30. The van der Waals surface area contributed by atoms with Gasteiger partial charge in [-0.25, -0.2) is 8.42 Å². The molecule has 0 spiro atoms. The molecule has 3 atom stereocenters. The number of hydrogen-bond donors (Lipinski definition) is 0. The zero-order valence-corrected chi connectivity index (χ0v) is 13.1. The largest absolute Gasteiger partial charge is 0.338 e. The van der Waals surface area contributed by atoms with Gasteiger partial charge < -0.3 is 4.90 Å². The van der Waals surface area contributed by atoms with Gasteiger partial charge in [0.05, 0.1) is 5.75 Å². The van der Waals surface area contributed by atoms with Crippen LogP contribution in [0.2, 0.25) is 0 Å². The molecule has 0 aromatic rings. The predicted molar refractivity (Wildman–Crippen MR) is 78.5 cm³/mol. The molecular weight excluding hydrogens is 290 g/mol. The topological polar surface area (TPSA) is 71.5 Å². The minimum absolute atomic E-state index is 0.0513. The molecule has 0 aromatic heterocycles. The minimum Gasteiger partial charge on any atom is -0.338 e. The van der Waals surface area contributed by atoms with Crippen LogP contribution in [0.5, 0.6) is 0 Å². The normalized spacial score (nSPS) is 36.1. The van der Waals surface area contributed by atoms with Crippen LogP contribution in [0.4, 0.5) is 0 Å². The van der Waals surface area contributed by atoms with Gasteiger partial charge in [-0.2, -0.15) is 0 Å². The van der Waals surface area contributed by atoms with Crippen LogP contribution in [-0.4, -0.2) is 48.6 Å². The number of ketones is 1. The lowest BCUT2D eigenvalue weighted by atomic mass is 9.95. The van der Waals surface area contributed by atoms with E-state index in [0.717, 1.165) is 32.1 Å². The number of Topliss-reactive ketones (excluding diaryl/α,β-unsaturated/α-hetero) is 1. The van der Waals surface area contributed by atoms with E-state index in [1.54, 1.807) is 4.90 Å². The maximum absolute atomic E-state index is 12.7. The molecule has 0 aromatic carbocycles. The molecular formula is C15H23NO4S. The number of carbonyl (C=O) groups is 2. The van der Waals surface area contributed by atoms with Gasteiger partial charge in [-0.1, -0.05) is 6.42 Å². The van der Waals surface area contributed by atoms with Crippen molar-refractivity contribution in [1.82, 2.24) is 4.90 Å². The van der Waals surface area contributed by atoms with Gasteiger partial charge in [0.2, 0.25) is 5.91 Å². The van der Waals surface area contributed by atoms with Crippen molar-refractivity contribution in [2.24, 2.45) is 5.92 Å². The molecule has 1 saturated carbocycles. The standard InChI is InChI=1S/C15H23NO4S/c17-13-7-3-5-11(13)12-6-4-9-16(12)15(18)14-8-1-2-10-21(14,19)20/h11-12,14H,1-10H2. The molecule has 2 heterocycles. The maximum Gasteiger partial charge on any atom is 0.241 e. The first kappa shape index (κ1) is 15.0. The SMILES string of the molecule is O=C1CCCC1C1CCCN1C(=O)C1CCCCS1(=O)=O. The summed E-state index contributed by atoms with van der Waals surface area (Å²) in [4.78, 5) is 26.4. The van der Waals surface area contributed by atoms with Gasteiger partial charge in [0.25, 0.3) is 0 Å². The average molecular weight is 313 g/mol. The Kier molecular flexibility index (Phi) is 4.08. The molecule has 2 saturated heterocycles. The Labute approximate surface area is 126 Å². The van der Waals surface area contributed by atoms with E-state index in [1.807, 2.05) is 0 Å². The number of carbonyl (C=O) groups excluding carboxylic acids is 2. The van der Waals surface area contributed by atoms with Crippen LogP contribution in [0.3, 0.4) is 0 Å². The van der Waals surface area contributed by atoms with Gasteiger partial charge in [0.1, 0.15) is 11.0 Å². The number of amides is 1. The molecule has 0 N–H and O–H groups in total. The number of hydrogen-bond acceptors (Lipinski definition) is 4. The Morgan fingerprint density at radius 1 is 1.05 bits per heavy atom. The summed E-state index contributed by atoms with van der Waals surface area (Å²) in [5, 5.41) is -0.858. The Bertz CT molecular complexity index is 542. The Hall–Kier alpha value is -0.910. The number of likely N-dealkylation sites (tertiary alicyclic amines) is 1. The quantitative estimate of drug-likeness (QED) is 0.770. The molecule has 1 amide bonds. The van der Waals surface area contributed by atoms with Crippen LogP contribution in [0.1, 0.15) is 51.4 Å². The zero-order chi connectivity index (χ0) is 15.0. The molecule has 3 rings (SSSR count). The molecule has 21 heavy (non-hydrogen) atoms. The van der Waals surface area contributed by atoms with Crippen molar-refractivity contribution in [3.8, 4) is 0 Å². The summed E-state index contributed by atoms with van der Waals surface area (Å²) in [6.07, 6.45) is 6.01. The number of rotatable bonds is 2. The highest BCUT2D eigenvalue weighted by Crippen LogP contribution is 2.35. The van der Waals surface area contributed by atoms with Crippen molar-refractivity contribution in [3.05, 3.63) is 0 Å². The lowest BCUT2D eigenvalue weighted by Gasteiger charge is -2.32. The fraction of sp³-hybridized carbons (Fsp3) is 0.867. The third-order valence-corrected chi connectivity index (χ3v) is 7.41. The summed E-state index contributed by atoms with van der Waals surface area (Å²) in [5.74, 6) is 0.0930. The molecule has 2 aliphatic heterocycles. The van der Waals surface area contributed by atoms with E-state index in [0.29, 0.717) is 25.8 Å². The third-order valence-electron chi connectivity index (χ3n) is 5.25. The summed E-state index contributed by atoms with van der Waals surface area (Å²) in [7, 11) is -3.30. The van der Waals surface area contributed by atoms with Crippen LogP contribution in [0.15, 0.2) is 0 Å². The highest BCUT2D eigenvalue weighted by Gasteiger charge is 2.44. The molecule has 3 fully saturated rings.